The van der Waals surface area contributed by atoms with Crippen LogP contribution in [0.1, 0.15) is 20.3 Å². The quantitative estimate of drug-likeness (QED) is 0.765. The van der Waals surface area contributed by atoms with Crippen molar-refractivity contribution in [2.24, 2.45) is 0 Å². The Balaban J connectivity index is 2.81. The van der Waals surface area contributed by atoms with Gasteiger partial charge in [-0.15, -0.1) is 0 Å². The van der Waals surface area contributed by atoms with E-state index in [0.29, 0.717) is 6.54 Å². The zero-order chi connectivity index (χ0) is 14.5. The second-order valence-electron chi connectivity index (χ2n) is 3.93. The van der Waals surface area contributed by atoms with Gasteiger partial charge < -0.3 is 5.32 Å². The molecule has 0 radical (unpaired) electrons. The van der Waals surface area contributed by atoms with E-state index in [9.17, 15) is 13.2 Å². The van der Waals surface area contributed by atoms with Gasteiger partial charge in [0.25, 0.3) is 0 Å². The first-order valence-corrected chi connectivity index (χ1v) is 7.65. The van der Waals surface area contributed by atoms with Crippen molar-refractivity contribution in [1.29, 1.82) is 0 Å². The molecule has 0 aromatic carbocycles. The third kappa shape index (κ3) is 4.45. The van der Waals surface area contributed by atoms with Gasteiger partial charge in [0, 0.05) is 12.7 Å². The molecule has 0 aliphatic heterocycles. The van der Waals surface area contributed by atoms with Crippen LogP contribution in [0.15, 0.2) is 23.2 Å². The van der Waals surface area contributed by atoms with Crippen molar-refractivity contribution in [2.75, 3.05) is 6.54 Å². The highest BCUT2D eigenvalue weighted by Gasteiger charge is 2.24. The van der Waals surface area contributed by atoms with Gasteiger partial charge >= 0.3 is 0 Å². The van der Waals surface area contributed by atoms with E-state index < -0.39 is 16.1 Å². The van der Waals surface area contributed by atoms with Crippen molar-refractivity contribution in [1.82, 2.24) is 15.0 Å². The summed E-state index contributed by atoms with van der Waals surface area (Å²) in [5.41, 5.74) is 0. The number of halogens is 1. The lowest BCUT2D eigenvalue weighted by Crippen LogP contribution is -2.44. The maximum Gasteiger partial charge on any atom is 0.244 e. The fourth-order valence-electron chi connectivity index (χ4n) is 1.32. The minimum absolute atomic E-state index is 0.129. The van der Waals surface area contributed by atoms with E-state index in [-0.39, 0.29) is 16.0 Å². The molecule has 0 saturated heterocycles. The topological polar surface area (TPSA) is 88.2 Å². The number of rotatable bonds is 6. The van der Waals surface area contributed by atoms with Crippen LogP contribution in [0.2, 0.25) is 5.15 Å². The largest absolute Gasteiger partial charge is 0.355 e. The first-order valence-electron chi connectivity index (χ1n) is 5.79. The molecule has 1 aromatic rings. The number of nitrogens with one attached hydrogen (secondary N) is 2. The van der Waals surface area contributed by atoms with E-state index in [0.717, 1.165) is 6.42 Å². The monoisotopic (exact) mass is 305 g/mol. The SMILES string of the molecule is CCCNC(=O)C(C)NS(=O)(=O)c1cccnc1Cl. The molecular weight excluding hydrogens is 290 g/mol. The van der Waals surface area contributed by atoms with Gasteiger partial charge in [-0.05, 0) is 25.5 Å². The van der Waals surface area contributed by atoms with E-state index in [4.69, 9.17) is 11.6 Å². The van der Waals surface area contributed by atoms with Crippen LogP contribution in [0.25, 0.3) is 0 Å². The van der Waals surface area contributed by atoms with Crippen LogP contribution >= 0.6 is 11.6 Å². The molecule has 106 valence electrons. The predicted molar refractivity (Wildman–Crippen MR) is 72.3 cm³/mol. The molecule has 6 nitrogen and oxygen atoms in total. The zero-order valence-electron chi connectivity index (χ0n) is 10.7. The van der Waals surface area contributed by atoms with Gasteiger partial charge in [-0.25, -0.2) is 13.4 Å². The number of carbonyl (C=O) groups excluding carboxylic acids is 1. The molecule has 0 fully saturated rings. The summed E-state index contributed by atoms with van der Waals surface area (Å²) in [6.45, 7) is 3.87. The lowest BCUT2D eigenvalue weighted by molar-refractivity contribution is -0.122. The molecule has 0 bridgehead atoms. The normalized spacial score (nSPS) is 13.0. The Labute approximate surface area is 117 Å². The summed E-state index contributed by atoms with van der Waals surface area (Å²) in [5.74, 6) is -0.384. The van der Waals surface area contributed by atoms with Crippen molar-refractivity contribution in [3.8, 4) is 0 Å². The highest BCUT2D eigenvalue weighted by molar-refractivity contribution is 7.89. The first kappa shape index (κ1) is 15.9. The number of carbonyl (C=O) groups is 1. The zero-order valence-corrected chi connectivity index (χ0v) is 12.3. The molecule has 1 aromatic heterocycles. The Bertz CT molecular complexity index is 548. The van der Waals surface area contributed by atoms with Gasteiger partial charge in [0.1, 0.15) is 10.0 Å². The molecule has 0 saturated carbocycles. The number of pyridine rings is 1. The van der Waals surface area contributed by atoms with Crippen LogP contribution in [0.5, 0.6) is 0 Å². The lowest BCUT2D eigenvalue weighted by atomic mass is 10.3. The van der Waals surface area contributed by atoms with Crippen LogP contribution in [-0.4, -0.2) is 31.9 Å². The molecule has 8 heteroatoms. The molecular formula is C11H16ClN3O3S. The number of amides is 1. The Kier molecular flexibility index (Phi) is 5.71. The summed E-state index contributed by atoms with van der Waals surface area (Å²) in [6.07, 6.45) is 2.17. The molecule has 0 aliphatic carbocycles. The summed E-state index contributed by atoms with van der Waals surface area (Å²) in [4.78, 5) is 15.2. The summed E-state index contributed by atoms with van der Waals surface area (Å²) >= 11 is 5.72. The number of hydrogen-bond acceptors (Lipinski definition) is 4. The predicted octanol–water partition coefficient (Wildman–Crippen LogP) is 0.928. The van der Waals surface area contributed by atoms with E-state index in [1.54, 1.807) is 0 Å². The van der Waals surface area contributed by atoms with Crippen LogP contribution in [0.3, 0.4) is 0 Å². The Morgan fingerprint density at radius 1 is 1.53 bits per heavy atom. The van der Waals surface area contributed by atoms with Gasteiger partial charge in [-0.3, -0.25) is 4.79 Å². The van der Waals surface area contributed by atoms with Crippen LogP contribution < -0.4 is 10.0 Å². The van der Waals surface area contributed by atoms with E-state index >= 15 is 0 Å². The highest BCUT2D eigenvalue weighted by atomic mass is 35.5. The van der Waals surface area contributed by atoms with Crippen LogP contribution in [0, 0.1) is 0 Å². The number of aromatic nitrogens is 1. The number of sulfonamides is 1. The molecule has 0 spiro atoms. The maximum atomic E-state index is 12.0. The van der Waals surface area contributed by atoms with Crippen LogP contribution in [-0.2, 0) is 14.8 Å². The standard InChI is InChI=1S/C11H16ClN3O3S/c1-3-6-14-11(16)8(2)15-19(17,18)9-5-4-7-13-10(9)12/h4-5,7-8,15H,3,6H2,1-2H3,(H,14,16). The molecule has 1 heterocycles. The molecule has 19 heavy (non-hydrogen) atoms. The Morgan fingerprint density at radius 2 is 2.21 bits per heavy atom. The van der Waals surface area contributed by atoms with E-state index in [1.165, 1.54) is 25.3 Å². The second-order valence-corrected chi connectivity index (χ2v) is 5.97. The molecule has 0 aliphatic rings. The molecule has 1 rings (SSSR count). The summed E-state index contributed by atoms with van der Waals surface area (Å²) in [6, 6.07) is 1.91. The summed E-state index contributed by atoms with van der Waals surface area (Å²) in [7, 11) is -3.87. The second kappa shape index (κ2) is 6.83. The average Bonchev–Trinajstić information content (AvgIpc) is 2.35. The highest BCUT2D eigenvalue weighted by Crippen LogP contribution is 2.17. The number of nitrogens with zero attached hydrogens (tertiary/aromatic N) is 1. The Hall–Kier alpha value is -1.18. The van der Waals surface area contributed by atoms with Gasteiger partial charge in [-0.2, -0.15) is 4.72 Å². The average molecular weight is 306 g/mol. The van der Waals surface area contributed by atoms with Crippen LogP contribution in [0.4, 0.5) is 0 Å². The molecule has 2 N–H and O–H groups in total. The molecule has 1 unspecified atom stereocenters. The third-order valence-corrected chi connectivity index (χ3v) is 4.27. The van der Waals surface area contributed by atoms with Gasteiger partial charge in [0.2, 0.25) is 15.9 Å². The third-order valence-electron chi connectivity index (χ3n) is 2.29. The number of hydrogen-bond donors (Lipinski definition) is 2. The minimum atomic E-state index is -3.87. The fourth-order valence-corrected chi connectivity index (χ4v) is 2.98. The summed E-state index contributed by atoms with van der Waals surface area (Å²) in [5, 5.41) is 2.48. The first-order chi connectivity index (χ1) is 8.88. The van der Waals surface area contributed by atoms with Crippen molar-refractivity contribution in [3.05, 3.63) is 23.5 Å². The van der Waals surface area contributed by atoms with Crippen molar-refractivity contribution < 1.29 is 13.2 Å². The summed E-state index contributed by atoms with van der Waals surface area (Å²) < 4.78 is 26.3. The van der Waals surface area contributed by atoms with Gasteiger partial charge in [0.15, 0.2) is 0 Å². The van der Waals surface area contributed by atoms with Crippen molar-refractivity contribution >= 4 is 27.5 Å². The van der Waals surface area contributed by atoms with E-state index in [1.807, 2.05) is 6.92 Å². The van der Waals surface area contributed by atoms with Crippen molar-refractivity contribution in [2.45, 2.75) is 31.2 Å². The smallest absolute Gasteiger partial charge is 0.244 e. The minimum Gasteiger partial charge on any atom is -0.355 e. The fraction of sp³-hybridized carbons (Fsp3) is 0.455. The van der Waals surface area contributed by atoms with E-state index in [2.05, 4.69) is 15.0 Å². The van der Waals surface area contributed by atoms with Crippen molar-refractivity contribution in [3.63, 3.8) is 0 Å². The Morgan fingerprint density at radius 3 is 2.79 bits per heavy atom. The lowest BCUT2D eigenvalue weighted by Gasteiger charge is -2.14. The molecule has 1 amide bonds. The van der Waals surface area contributed by atoms with Gasteiger partial charge in [0.05, 0.1) is 6.04 Å². The van der Waals surface area contributed by atoms with Gasteiger partial charge in [-0.1, -0.05) is 18.5 Å². The maximum absolute atomic E-state index is 12.0. The molecule has 1 atom stereocenters.